The first-order valence-electron chi connectivity index (χ1n) is 9.67. The predicted octanol–water partition coefficient (Wildman–Crippen LogP) is 3.24. The summed E-state index contributed by atoms with van der Waals surface area (Å²) in [6.45, 7) is 4.66. The minimum absolute atomic E-state index is 0.0305. The first-order chi connectivity index (χ1) is 13.9. The number of anilines is 1. The van der Waals surface area contributed by atoms with Gasteiger partial charge in [0.2, 0.25) is 5.88 Å². The number of aliphatic carboxylic acids is 1. The third kappa shape index (κ3) is 5.92. The number of ether oxygens (including phenoxy) is 1. The van der Waals surface area contributed by atoms with Gasteiger partial charge in [-0.05, 0) is 44.5 Å². The molecule has 0 aliphatic heterocycles. The molecule has 0 saturated heterocycles. The van der Waals surface area contributed by atoms with Gasteiger partial charge in [-0.25, -0.2) is 9.78 Å². The van der Waals surface area contributed by atoms with Crippen LogP contribution in [-0.2, 0) is 4.79 Å². The van der Waals surface area contributed by atoms with Crippen LogP contribution in [0.15, 0.2) is 42.6 Å². The molecule has 0 spiro atoms. The second-order valence-corrected chi connectivity index (χ2v) is 7.18. The Morgan fingerprint density at radius 3 is 2.52 bits per heavy atom. The molecule has 1 aromatic heterocycles. The van der Waals surface area contributed by atoms with E-state index in [-0.39, 0.29) is 24.7 Å². The third-order valence-electron chi connectivity index (χ3n) is 4.95. The molecule has 1 aliphatic carbocycles. The van der Waals surface area contributed by atoms with Crippen molar-refractivity contribution in [3.8, 4) is 11.6 Å². The Bertz CT molecular complexity index is 833. The maximum atomic E-state index is 12.2. The van der Waals surface area contributed by atoms with E-state index in [1.807, 2.05) is 43.0 Å². The van der Waals surface area contributed by atoms with Crippen molar-refractivity contribution in [1.29, 1.82) is 0 Å². The van der Waals surface area contributed by atoms with Gasteiger partial charge in [-0.3, -0.25) is 9.69 Å². The Labute approximate surface area is 169 Å². The summed E-state index contributed by atoms with van der Waals surface area (Å²) < 4.78 is 5.67. The standard InChI is InChI=1S/C21H26N4O4/c1-3-25(13-20(26)27)17-10-16(11-17)24-21(28)23-15-6-9-19(22-12-15)29-18-7-4-14(2)5-8-18/h4-9,12,16-17H,3,10-11,13H2,1-2H3,(H,26,27)(H2,23,24,28). The number of pyridine rings is 1. The number of nitrogens with zero attached hydrogens (tertiary/aromatic N) is 2. The van der Waals surface area contributed by atoms with Gasteiger partial charge in [0.1, 0.15) is 5.75 Å². The number of carbonyl (C=O) groups excluding carboxylic acids is 1. The molecule has 29 heavy (non-hydrogen) atoms. The number of carboxylic acid groups (broad SMARTS) is 1. The van der Waals surface area contributed by atoms with Crippen molar-refractivity contribution in [2.24, 2.45) is 0 Å². The molecule has 0 unspecified atom stereocenters. The van der Waals surface area contributed by atoms with Crippen molar-refractivity contribution in [2.75, 3.05) is 18.4 Å². The molecule has 3 rings (SSSR count). The van der Waals surface area contributed by atoms with E-state index in [2.05, 4.69) is 15.6 Å². The quantitative estimate of drug-likeness (QED) is 0.631. The monoisotopic (exact) mass is 398 g/mol. The average molecular weight is 398 g/mol. The Kier molecular flexibility index (Phi) is 6.66. The van der Waals surface area contributed by atoms with Crippen LogP contribution in [0.25, 0.3) is 0 Å². The van der Waals surface area contributed by atoms with Gasteiger partial charge in [-0.2, -0.15) is 0 Å². The molecule has 3 N–H and O–H groups in total. The minimum atomic E-state index is -0.830. The highest BCUT2D eigenvalue weighted by Crippen LogP contribution is 2.26. The zero-order valence-electron chi connectivity index (χ0n) is 16.6. The number of nitrogens with one attached hydrogen (secondary N) is 2. The molecule has 1 aliphatic rings. The first-order valence-corrected chi connectivity index (χ1v) is 9.67. The van der Waals surface area contributed by atoms with Crippen LogP contribution in [0.1, 0.15) is 25.3 Å². The highest BCUT2D eigenvalue weighted by Gasteiger charge is 2.34. The molecular formula is C21H26N4O4. The van der Waals surface area contributed by atoms with Gasteiger partial charge in [0.05, 0.1) is 18.4 Å². The van der Waals surface area contributed by atoms with Crippen LogP contribution in [0.3, 0.4) is 0 Å². The number of benzene rings is 1. The molecule has 1 heterocycles. The predicted molar refractivity (Wildman–Crippen MR) is 109 cm³/mol. The van der Waals surface area contributed by atoms with Crippen LogP contribution < -0.4 is 15.4 Å². The van der Waals surface area contributed by atoms with Gasteiger partial charge in [-0.15, -0.1) is 0 Å². The van der Waals surface area contributed by atoms with E-state index in [4.69, 9.17) is 9.84 Å². The lowest BCUT2D eigenvalue weighted by atomic mass is 9.85. The molecule has 2 aromatic rings. The number of likely N-dealkylation sites (N-methyl/N-ethyl adjacent to an activating group) is 1. The Morgan fingerprint density at radius 1 is 1.21 bits per heavy atom. The number of hydrogen-bond donors (Lipinski definition) is 3. The van der Waals surface area contributed by atoms with E-state index < -0.39 is 5.97 Å². The molecular weight excluding hydrogens is 372 g/mol. The van der Waals surface area contributed by atoms with Crippen LogP contribution in [0.2, 0.25) is 0 Å². The fourth-order valence-corrected chi connectivity index (χ4v) is 3.27. The molecule has 1 aromatic carbocycles. The highest BCUT2D eigenvalue weighted by molar-refractivity contribution is 5.89. The molecule has 8 heteroatoms. The number of carboxylic acids is 1. The summed E-state index contributed by atoms with van der Waals surface area (Å²) in [6, 6.07) is 11.0. The zero-order chi connectivity index (χ0) is 20.8. The van der Waals surface area contributed by atoms with Gasteiger partial charge in [0.25, 0.3) is 0 Å². The van der Waals surface area contributed by atoms with E-state index in [9.17, 15) is 9.59 Å². The topological polar surface area (TPSA) is 104 Å². The molecule has 2 amide bonds. The molecule has 1 saturated carbocycles. The molecule has 154 valence electrons. The van der Waals surface area contributed by atoms with Crippen molar-refractivity contribution in [2.45, 2.75) is 38.8 Å². The van der Waals surface area contributed by atoms with Gasteiger partial charge in [0.15, 0.2) is 0 Å². The summed E-state index contributed by atoms with van der Waals surface area (Å²) in [4.78, 5) is 29.2. The Morgan fingerprint density at radius 2 is 1.93 bits per heavy atom. The van der Waals surface area contributed by atoms with Crippen LogP contribution in [0.4, 0.5) is 10.5 Å². The van der Waals surface area contributed by atoms with Gasteiger partial charge in [0, 0.05) is 18.2 Å². The number of hydrogen-bond acceptors (Lipinski definition) is 5. The maximum Gasteiger partial charge on any atom is 0.319 e. The van der Waals surface area contributed by atoms with Crippen molar-refractivity contribution in [1.82, 2.24) is 15.2 Å². The van der Waals surface area contributed by atoms with E-state index >= 15 is 0 Å². The fraction of sp³-hybridized carbons (Fsp3) is 0.381. The fourth-order valence-electron chi connectivity index (χ4n) is 3.27. The van der Waals surface area contributed by atoms with Crippen LogP contribution in [0, 0.1) is 6.92 Å². The summed E-state index contributed by atoms with van der Waals surface area (Å²) in [5.41, 5.74) is 1.72. The summed E-state index contributed by atoms with van der Waals surface area (Å²) in [5.74, 6) is 0.313. The van der Waals surface area contributed by atoms with Crippen LogP contribution in [0.5, 0.6) is 11.6 Å². The lowest BCUT2D eigenvalue weighted by molar-refractivity contribution is -0.139. The SMILES string of the molecule is CCN(CC(=O)O)C1CC(NC(=O)Nc2ccc(Oc3ccc(C)cc3)nc2)C1. The number of amides is 2. The molecule has 0 radical (unpaired) electrons. The lowest BCUT2D eigenvalue weighted by Gasteiger charge is -2.42. The largest absolute Gasteiger partial charge is 0.480 e. The third-order valence-corrected chi connectivity index (χ3v) is 4.95. The van der Waals surface area contributed by atoms with E-state index in [0.29, 0.717) is 23.9 Å². The van der Waals surface area contributed by atoms with E-state index in [1.54, 1.807) is 18.3 Å². The van der Waals surface area contributed by atoms with Crippen molar-refractivity contribution in [3.05, 3.63) is 48.2 Å². The Hall–Kier alpha value is -3.13. The summed E-state index contributed by atoms with van der Waals surface area (Å²) in [6.07, 6.45) is 3.03. The zero-order valence-corrected chi connectivity index (χ0v) is 16.6. The van der Waals surface area contributed by atoms with E-state index in [1.165, 1.54) is 0 Å². The number of rotatable bonds is 8. The normalized spacial score (nSPS) is 18.0. The van der Waals surface area contributed by atoms with Gasteiger partial charge in [-0.1, -0.05) is 24.6 Å². The second-order valence-electron chi connectivity index (χ2n) is 7.18. The van der Waals surface area contributed by atoms with Crippen molar-refractivity contribution in [3.63, 3.8) is 0 Å². The van der Waals surface area contributed by atoms with Gasteiger partial charge >= 0.3 is 12.0 Å². The molecule has 0 atom stereocenters. The summed E-state index contributed by atoms with van der Waals surface area (Å²) in [5, 5.41) is 14.6. The average Bonchev–Trinajstić information content (AvgIpc) is 2.66. The molecule has 1 fully saturated rings. The number of aryl methyl sites for hydroxylation is 1. The number of carbonyl (C=O) groups is 2. The molecule has 8 nitrogen and oxygen atoms in total. The summed E-state index contributed by atoms with van der Waals surface area (Å²) >= 11 is 0. The summed E-state index contributed by atoms with van der Waals surface area (Å²) in [7, 11) is 0. The van der Waals surface area contributed by atoms with Crippen molar-refractivity contribution < 1.29 is 19.4 Å². The Balaban J connectivity index is 1.43. The van der Waals surface area contributed by atoms with Gasteiger partial charge < -0.3 is 20.5 Å². The maximum absolute atomic E-state index is 12.2. The second kappa shape index (κ2) is 9.38. The molecule has 0 bridgehead atoms. The lowest BCUT2D eigenvalue weighted by Crippen LogP contribution is -2.55. The number of urea groups is 1. The van der Waals surface area contributed by atoms with Crippen LogP contribution >= 0.6 is 0 Å². The number of aromatic nitrogens is 1. The van der Waals surface area contributed by atoms with Crippen molar-refractivity contribution >= 4 is 17.7 Å². The van der Waals surface area contributed by atoms with Crippen LogP contribution in [-0.4, -0.2) is 52.2 Å². The first kappa shape index (κ1) is 20.6. The minimum Gasteiger partial charge on any atom is -0.480 e. The smallest absolute Gasteiger partial charge is 0.319 e. The van der Waals surface area contributed by atoms with E-state index in [0.717, 1.165) is 18.4 Å². The highest BCUT2D eigenvalue weighted by atomic mass is 16.5.